The van der Waals surface area contributed by atoms with Crippen molar-refractivity contribution in [2.24, 2.45) is 11.8 Å². The van der Waals surface area contributed by atoms with Crippen molar-refractivity contribution in [1.29, 1.82) is 0 Å². The number of rotatable bonds is 2. The molecule has 3 unspecified atom stereocenters. The lowest BCUT2D eigenvalue weighted by Gasteiger charge is -2.42. The lowest BCUT2D eigenvalue weighted by molar-refractivity contribution is 0.463. The molecule has 2 nitrogen and oxygen atoms in total. The molecule has 2 aromatic carbocycles. The third-order valence-corrected chi connectivity index (χ3v) is 7.08. The zero-order chi connectivity index (χ0) is 19.1. The molecule has 3 aliphatic rings. The van der Waals surface area contributed by atoms with Crippen LogP contribution in [0.5, 0.6) is 0 Å². The molecule has 1 aliphatic carbocycles. The Hall–Kier alpha value is -2.36. The van der Waals surface area contributed by atoms with E-state index < -0.39 is 0 Å². The van der Waals surface area contributed by atoms with Gasteiger partial charge in [-0.2, -0.15) is 0 Å². The van der Waals surface area contributed by atoms with E-state index in [2.05, 4.69) is 102 Å². The van der Waals surface area contributed by atoms with Gasteiger partial charge in [0.15, 0.2) is 0 Å². The van der Waals surface area contributed by atoms with Crippen LogP contribution >= 0.6 is 23.4 Å². The molecule has 140 valence electrons. The summed E-state index contributed by atoms with van der Waals surface area (Å²) in [6.07, 6.45) is 13.4. The van der Waals surface area contributed by atoms with Crippen molar-refractivity contribution in [2.75, 3.05) is 16.8 Å². The molecule has 28 heavy (non-hydrogen) atoms. The highest BCUT2D eigenvalue weighted by Crippen LogP contribution is 2.47. The van der Waals surface area contributed by atoms with Crippen LogP contribution in [0.4, 0.5) is 11.4 Å². The largest absolute Gasteiger partial charge is 0.338 e. The first-order valence-electron chi connectivity index (χ1n) is 9.51. The molecular formula is C24H21ClN2S. The summed E-state index contributed by atoms with van der Waals surface area (Å²) < 4.78 is 0. The Kier molecular flexibility index (Phi) is 4.58. The van der Waals surface area contributed by atoms with Gasteiger partial charge in [-0.05, 0) is 36.4 Å². The van der Waals surface area contributed by atoms with Crippen LogP contribution in [0.25, 0.3) is 0 Å². The molecule has 2 aromatic rings. The fraction of sp³-hybridized carbons (Fsp3) is 0.167. The van der Waals surface area contributed by atoms with Gasteiger partial charge in [0, 0.05) is 29.5 Å². The molecular weight excluding hydrogens is 384 g/mol. The molecule has 0 spiro atoms. The molecule has 0 amide bonds. The number of para-hydroxylation sites is 2. The Bertz CT molecular complexity index is 1010. The molecule has 4 heteroatoms. The van der Waals surface area contributed by atoms with Gasteiger partial charge < -0.3 is 9.80 Å². The van der Waals surface area contributed by atoms with E-state index in [1.165, 1.54) is 15.6 Å². The Morgan fingerprint density at radius 3 is 2.54 bits per heavy atom. The number of fused-ring (bicyclic) bond motifs is 2. The third kappa shape index (κ3) is 2.99. The minimum Gasteiger partial charge on any atom is -0.338 e. The Labute approximate surface area is 175 Å². The summed E-state index contributed by atoms with van der Waals surface area (Å²) in [7, 11) is 2.14. The highest BCUT2D eigenvalue weighted by atomic mass is 35.5. The van der Waals surface area contributed by atoms with Crippen molar-refractivity contribution in [3.63, 3.8) is 0 Å². The summed E-state index contributed by atoms with van der Waals surface area (Å²) in [6, 6.07) is 19.2. The van der Waals surface area contributed by atoms with Crippen molar-refractivity contribution in [2.45, 2.75) is 10.9 Å². The predicted molar refractivity (Wildman–Crippen MR) is 121 cm³/mol. The molecule has 0 radical (unpaired) electrons. The van der Waals surface area contributed by atoms with Crippen LogP contribution in [-0.2, 0) is 0 Å². The number of hydrogen-bond donors (Lipinski definition) is 0. The van der Waals surface area contributed by atoms with E-state index in [0.717, 1.165) is 10.8 Å². The second-order valence-electron chi connectivity index (χ2n) is 7.24. The standard InChI is InChI=1S/C24H21ClN2S/c1-26-21-13-7-8-14-22(21)28-24(26)16-17-15-23(25)27(18-9-3-2-4-10-18)20-12-6-5-11-19(17)20/h2-17,19-20H,1H3/b24-16+. The van der Waals surface area contributed by atoms with Crippen LogP contribution in [0.1, 0.15) is 0 Å². The lowest BCUT2D eigenvalue weighted by atomic mass is 9.80. The summed E-state index contributed by atoms with van der Waals surface area (Å²) in [4.78, 5) is 5.83. The van der Waals surface area contributed by atoms with Gasteiger partial charge >= 0.3 is 0 Å². The van der Waals surface area contributed by atoms with E-state index in [1.807, 2.05) is 17.8 Å². The number of thioether (sulfide) groups is 1. The number of nitrogens with zero attached hydrogens (tertiary/aromatic N) is 2. The fourth-order valence-corrected chi connectivity index (χ4v) is 5.69. The maximum atomic E-state index is 6.82. The van der Waals surface area contributed by atoms with Crippen LogP contribution in [0.2, 0.25) is 0 Å². The van der Waals surface area contributed by atoms with Crippen LogP contribution in [-0.4, -0.2) is 13.1 Å². The summed E-state index contributed by atoms with van der Waals surface area (Å²) in [5.41, 5.74) is 2.40. The number of anilines is 2. The maximum Gasteiger partial charge on any atom is 0.106 e. The van der Waals surface area contributed by atoms with Crippen molar-refractivity contribution in [3.05, 3.63) is 101 Å². The van der Waals surface area contributed by atoms with Gasteiger partial charge in [-0.25, -0.2) is 0 Å². The molecule has 5 rings (SSSR count). The van der Waals surface area contributed by atoms with Gasteiger partial charge in [0.2, 0.25) is 0 Å². The molecule has 0 saturated carbocycles. The molecule has 0 bridgehead atoms. The Morgan fingerprint density at radius 1 is 0.964 bits per heavy atom. The van der Waals surface area contributed by atoms with Crippen molar-refractivity contribution in [3.8, 4) is 0 Å². The topological polar surface area (TPSA) is 6.48 Å². The van der Waals surface area contributed by atoms with E-state index >= 15 is 0 Å². The number of benzene rings is 2. The van der Waals surface area contributed by atoms with E-state index in [9.17, 15) is 0 Å². The fourth-order valence-electron chi connectivity index (χ4n) is 4.19. The summed E-state index contributed by atoms with van der Waals surface area (Å²) >= 11 is 8.66. The Morgan fingerprint density at radius 2 is 1.71 bits per heavy atom. The highest BCUT2D eigenvalue weighted by molar-refractivity contribution is 8.03. The van der Waals surface area contributed by atoms with Gasteiger partial charge in [0.05, 0.1) is 16.8 Å². The van der Waals surface area contributed by atoms with Gasteiger partial charge in [0.25, 0.3) is 0 Å². The molecule has 0 aromatic heterocycles. The van der Waals surface area contributed by atoms with Crippen molar-refractivity contribution < 1.29 is 0 Å². The second kappa shape index (κ2) is 7.23. The van der Waals surface area contributed by atoms with Crippen molar-refractivity contribution >= 4 is 34.7 Å². The van der Waals surface area contributed by atoms with Crippen molar-refractivity contribution in [1.82, 2.24) is 0 Å². The average Bonchev–Trinajstić information content (AvgIpc) is 3.04. The average molecular weight is 405 g/mol. The van der Waals surface area contributed by atoms with E-state index in [0.29, 0.717) is 5.92 Å². The Balaban J connectivity index is 1.52. The van der Waals surface area contributed by atoms with Crippen LogP contribution in [0.3, 0.4) is 0 Å². The normalized spacial score (nSPS) is 27.0. The van der Waals surface area contributed by atoms with Crippen LogP contribution in [0.15, 0.2) is 106 Å². The highest BCUT2D eigenvalue weighted by Gasteiger charge is 2.36. The molecule has 2 aliphatic heterocycles. The number of allylic oxidation sites excluding steroid dienone is 4. The maximum absolute atomic E-state index is 6.82. The van der Waals surface area contributed by atoms with E-state index in [1.54, 1.807) is 0 Å². The molecule has 3 atom stereocenters. The first kappa shape index (κ1) is 17.7. The van der Waals surface area contributed by atoms with Gasteiger partial charge in [-0.3, -0.25) is 0 Å². The van der Waals surface area contributed by atoms with E-state index in [4.69, 9.17) is 11.6 Å². The zero-order valence-electron chi connectivity index (χ0n) is 15.6. The molecule has 0 N–H and O–H groups in total. The van der Waals surface area contributed by atoms with Gasteiger partial charge in [0.1, 0.15) is 5.16 Å². The van der Waals surface area contributed by atoms with E-state index in [-0.39, 0.29) is 12.0 Å². The minimum atomic E-state index is 0.214. The first-order valence-corrected chi connectivity index (χ1v) is 10.7. The second-order valence-corrected chi connectivity index (χ2v) is 8.69. The number of hydrogen-bond acceptors (Lipinski definition) is 3. The third-order valence-electron chi connectivity index (χ3n) is 5.59. The van der Waals surface area contributed by atoms with Gasteiger partial charge in [-0.1, -0.05) is 78.0 Å². The summed E-state index contributed by atoms with van der Waals surface area (Å²) in [6.45, 7) is 0. The smallest absolute Gasteiger partial charge is 0.106 e. The first-order chi connectivity index (χ1) is 13.7. The summed E-state index contributed by atoms with van der Waals surface area (Å²) in [5.74, 6) is 0.593. The van der Waals surface area contributed by atoms with Crippen LogP contribution < -0.4 is 9.80 Å². The zero-order valence-corrected chi connectivity index (χ0v) is 17.1. The molecule has 0 fully saturated rings. The monoisotopic (exact) mass is 404 g/mol. The molecule has 2 heterocycles. The van der Waals surface area contributed by atoms with Crippen LogP contribution in [0, 0.1) is 11.8 Å². The SMILES string of the molecule is CN1/C(=C\C2C=C(Cl)N(c3ccccc3)C3C=CC=CC23)Sc2ccccc21. The minimum absolute atomic E-state index is 0.214. The number of halogens is 1. The molecule has 0 saturated heterocycles. The predicted octanol–water partition coefficient (Wildman–Crippen LogP) is 6.40. The summed E-state index contributed by atoms with van der Waals surface area (Å²) in [5, 5.41) is 2.05. The lowest BCUT2D eigenvalue weighted by Crippen LogP contribution is -2.44. The quantitative estimate of drug-likeness (QED) is 0.535. The van der Waals surface area contributed by atoms with Gasteiger partial charge in [-0.15, -0.1) is 0 Å².